The van der Waals surface area contributed by atoms with E-state index < -0.39 is 0 Å². The van der Waals surface area contributed by atoms with Crippen molar-refractivity contribution in [2.24, 2.45) is 5.92 Å². The van der Waals surface area contributed by atoms with Gasteiger partial charge in [-0.15, -0.1) is 11.3 Å². The molecule has 0 spiro atoms. The van der Waals surface area contributed by atoms with Gasteiger partial charge in [-0.2, -0.15) is 0 Å². The SMILES string of the molecule is CCOc1cc(C(=O)NCC(c2cccs2)N2CCC(C)CC2)ccc1OC. The fourth-order valence-corrected chi connectivity index (χ4v) is 4.47. The molecule has 1 N–H and O–H groups in total. The Morgan fingerprint density at radius 1 is 1.29 bits per heavy atom. The van der Waals surface area contributed by atoms with Gasteiger partial charge in [0.05, 0.1) is 19.8 Å². The van der Waals surface area contributed by atoms with E-state index in [2.05, 4.69) is 34.7 Å². The molecule has 0 saturated carbocycles. The van der Waals surface area contributed by atoms with Gasteiger partial charge in [-0.25, -0.2) is 0 Å². The molecule has 0 bridgehead atoms. The van der Waals surface area contributed by atoms with Crippen LogP contribution in [0.4, 0.5) is 0 Å². The normalized spacial score (nSPS) is 16.5. The molecule has 1 saturated heterocycles. The summed E-state index contributed by atoms with van der Waals surface area (Å²) in [5, 5.41) is 5.24. The molecule has 1 atom stereocenters. The molecular formula is C22H30N2O3S. The fourth-order valence-electron chi connectivity index (χ4n) is 3.61. The first-order chi connectivity index (χ1) is 13.6. The molecule has 1 aliphatic heterocycles. The number of methoxy groups -OCH3 is 1. The third kappa shape index (κ3) is 5.06. The minimum absolute atomic E-state index is 0.0875. The number of benzene rings is 1. The van der Waals surface area contributed by atoms with Crippen LogP contribution >= 0.6 is 11.3 Å². The number of thiophene rings is 1. The standard InChI is InChI=1S/C22H30N2O3S/c1-4-27-20-14-17(7-8-19(20)26-3)22(25)23-15-18(21-6-5-13-28-21)24-11-9-16(2)10-12-24/h5-8,13-14,16,18H,4,9-12,15H2,1-3H3,(H,23,25). The molecule has 5 nitrogen and oxygen atoms in total. The summed E-state index contributed by atoms with van der Waals surface area (Å²) in [5.41, 5.74) is 0.585. The van der Waals surface area contributed by atoms with E-state index >= 15 is 0 Å². The molecular weight excluding hydrogens is 372 g/mol. The van der Waals surface area contributed by atoms with Crippen LogP contribution in [0.2, 0.25) is 0 Å². The molecule has 1 amide bonds. The van der Waals surface area contributed by atoms with Crippen LogP contribution in [0.25, 0.3) is 0 Å². The average Bonchev–Trinajstić information content (AvgIpc) is 3.24. The van der Waals surface area contributed by atoms with Crippen LogP contribution < -0.4 is 14.8 Å². The zero-order valence-electron chi connectivity index (χ0n) is 16.9. The highest BCUT2D eigenvalue weighted by molar-refractivity contribution is 7.10. The van der Waals surface area contributed by atoms with Crippen molar-refractivity contribution in [3.63, 3.8) is 0 Å². The number of piperidine rings is 1. The van der Waals surface area contributed by atoms with Crippen LogP contribution in [-0.4, -0.2) is 44.2 Å². The van der Waals surface area contributed by atoms with E-state index in [4.69, 9.17) is 9.47 Å². The van der Waals surface area contributed by atoms with Crippen molar-refractivity contribution in [1.29, 1.82) is 0 Å². The lowest BCUT2D eigenvalue weighted by molar-refractivity contribution is 0.0914. The molecule has 2 heterocycles. The Balaban J connectivity index is 1.69. The van der Waals surface area contributed by atoms with Crippen molar-refractivity contribution in [3.8, 4) is 11.5 Å². The maximum Gasteiger partial charge on any atom is 0.251 e. The van der Waals surface area contributed by atoms with Gasteiger partial charge in [0.2, 0.25) is 0 Å². The first-order valence-corrected chi connectivity index (χ1v) is 10.9. The second-order valence-electron chi connectivity index (χ2n) is 7.26. The van der Waals surface area contributed by atoms with Gasteiger partial charge in [-0.05, 0) is 68.4 Å². The van der Waals surface area contributed by atoms with E-state index in [1.165, 1.54) is 17.7 Å². The van der Waals surface area contributed by atoms with Gasteiger partial charge in [0.25, 0.3) is 5.91 Å². The average molecular weight is 403 g/mol. The Morgan fingerprint density at radius 2 is 2.07 bits per heavy atom. The van der Waals surface area contributed by atoms with E-state index in [-0.39, 0.29) is 11.9 Å². The van der Waals surface area contributed by atoms with Gasteiger partial charge in [0, 0.05) is 17.0 Å². The zero-order chi connectivity index (χ0) is 19.9. The van der Waals surface area contributed by atoms with Crippen molar-refractivity contribution in [1.82, 2.24) is 10.2 Å². The number of rotatable bonds is 8. The molecule has 1 aromatic heterocycles. The fraction of sp³-hybridized carbons (Fsp3) is 0.500. The number of nitrogens with zero attached hydrogens (tertiary/aromatic N) is 1. The first kappa shape index (κ1) is 20.7. The highest BCUT2D eigenvalue weighted by Gasteiger charge is 2.26. The summed E-state index contributed by atoms with van der Waals surface area (Å²) in [6.07, 6.45) is 2.43. The summed E-state index contributed by atoms with van der Waals surface area (Å²) in [7, 11) is 1.60. The zero-order valence-corrected chi connectivity index (χ0v) is 17.8. The van der Waals surface area contributed by atoms with Gasteiger partial charge in [0.1, 0.15) is 0 Å². The Kier molecular flexibility index (Phi) is 7.34. The van der Waals surface area contributed by atoms with Gasteiger partial charge < -0.3 is 14.8 Å². The second kappa shape index (κ2) is 9.94. The molecule has 0 aliphatic carbocycles. The smallest absolute Gasteiger partial charge is 0.251 e. The Labute approximate surface area is 171 Å². The third-order valence-corrected chi connectivity index (χ3v) is 6.29. The van der Waals surface area contributed by atoms with Crippen LogP contribution in [0, 0.1) is 5.92 Å². The molecule has 152 valence electrons. The van der Waals surface area contributed by atoms with Crippen LogP contribution in [0.3, 0.4) is 0 Å². The monoisotopic (exact) mass is 402 g/mol. The highest BCUT2D eigenvalue weighted by atomic mass is 32.1. The van der Waals surface area contributed by atoms with E-state index in [9.17, 15) is 4.79 Å². The summed E-state index contributed by atoms with van der Waals surface area (Å²) < 4.78 is 10.9. The summed E-state index contributed by atoms with van der Waals surface area (Å²) in [6.45, 7) is 7.52. The van der Waals surface area contributed by atoms with E-state index in [1.54, 1.807) is 36.6 Å². The number of carbonyl (C=O) groups is 1. The van der Waals surface area contributed by atoms with E-state index in [1.807, 2.05) is 6.92 Å². The summed E-state index contributed by atoms with van der Waals surface area (Å²) in [6, 6.07) is 9.78. The summed E-state index contributed by atoms with van der Waals surface area (Å²) >= 11 is 1.76. The van der Waals surface area contributed by atoms with Gasteiger partial charge in [0.15, 0.2) is 11.5 Å². The number of ether oxygens (including phenoxy) is 2. The van der Waals surface area contributed by atoms with Crippen LogP contribution in [-0.2, 0) is 0 Å². The van der Waals surface area contributed by atoms with Crippen LogP contribution in [0.5, 0.6) is 11.5 Å². The lowest BCUT2D eigenvalue weighted by Gasteiger charge is -2.36. The summed E-state index contributed by atoms with van der Waals surface area (Å²) in [4.78, 5) is 16.6. The van der Waals surface area contributed by atoms with Crippen LogP contribution in [0.1, 0.15) is 48.0 Å². The van der Waals surface area contributed by atoms with Gasteiger partial charge in [-0.1, -0.05) is 13.0 Å². The molecule has 1 fully saturated rings. The minimum atomic E-state index is -0.0875. The molecule has 3 rings (SSSR count). The van der Waals surface area contributed by atoms with Crippen molar-refractivity contribution < 1.29 is 14.3 Å². The molecule has 1 aromatic carbocycles. The van der Waals surface area contributed by atoms with Crippen molar-refractivity contribution >= 4 is 17.2 Å². The van der Waals surface area contributed by atoms with Crippen molar-refractivity contribution in [2.45, 2.75) is 32.7 Å². The number of likely N-dealkylation sites (tertiary alicyclic amines) is 1. The van der Waals surface area contributed by atoms with Crippen LogP contribution in [0.15, 0.2) is 35.7 Å². The number of hydrogen-bond acceptors (Lipinski definition) is 5. The first-order valence-electron chi connectivity index (χ1n) is 9.98. The van der Waals surface area contributed by atoms with E-state index in [0.29, 0.717) is 30.2 Å². The molecule has 28 heavy (non-hydrogen) atoms. The Bertz CT molecular complexity index is 755. The number of amides is 1. The molecule has 1 aliphatic rings. The van der Waals surface area contributed by atoms with Crippen molar-refractivity contribution in [2.75, 3.05) is 33.4 Å². The lowest BCUT2D eigenvalue weighted by atomic mass is 9.97. The predicted molar refractivity (Wildman–Crippen MR) is 114 cm³/mol. The second-order valence-corrected chi connectivity index (χ2v) is 8.24. The molecule has 6 heteroatoms. The maximum atomic E-state index is 12.8. The maximum absolute atomic E-state index is 12.8. The topological polar surface area (TPSA) is 50.8 Å². The van der Waals surface area contributed by atoms with Gasteiger partial charge in [-0.3, -0.25) is 9.69 Å². The Morgan fingerprint density at radius 3 is 2.71 bits per heavy atom. The van der Waals surface area contributed by atoms with E-state index in [0.717, 1.165) is 19.0 Å². The largest absolute Gasteiger partial charge is 0.493 e. The number of nitrogens with one attached hydrogen (secondary N) is 1. The Hall–Kier alpha value is -2.05. The quantitative estimate of drug-likeness (QED) is 0.713. The molecule has 2 aromatic rings. The molecule has 1 unspecified atom stereocenters. The van der Waals surface area contributed by atoms with Crippen molar-refractivity contribution in [3.05, 3.63) is 46.2 Å². The summed E-state index contributed by atoms with van der Waals surface area (Å²) in [5.74, 6) is 1.93. The highest BCUT2D eigenvalue weighted by Crippen LogP contribution is 2.30. The molecule has 0 radical (unpaired) electrons. The number of hydrogen-bond donors (Lipinski definition) is 1. The lowest BCUT2D eigenvalue weighted by Crippen LogP contribution is -2.41. The third-order valence-electron chi connectivity index (χ3n) is 5.31. The predicted octanol–water partition coefficient (Wildman–Crippen LogP) is 4.36. The minimum Gasteiger partial charge on any atom is -0.493 e. The number of carbonyl (C=O) groups excluding carboxylic acids is 1. The van der Waals surface area contributed by atoms with Gasteiger partial charge >= 0.3 is 0 Å².